The number of aromatic amines is 1. The summed E-state index contributed by atoms with van der Waals surface area (Å²) in [5.41, 5.74) is 3.47. The van der Waals surface area contributed by atoms with E-state index in [2.05, 4.69) is 20.8 Å². The molecule has 8 heteroatoms. The minimum absolute atomic E-state index is 0.116. The number of carbonyl (C=O) groups is 2. The predicted octanol–water partition coefficient (Wildman–Crippen LogP) is 5.28. The molecule has 1 aliphatic rings. The van der Waals surface area contributed by atoms with E-state index in [0.717, 1.165) is 29.7 Å². The van der Waals surface area contributed by atoms with Crippen molar-refractivity contribution in [2.24, 2.45) is 0 Å². The van der Waals surface area contributed by atoms with Crippen LogP contribution in [0.4, 0.5) is 15.9 Å². The number of hydrogen-bond acceptors (Lipinski definition) is 4. The Bertz CT molecular complexity index is 1260. The number of carbonyl (C=O) groups excluding carboxylic acids is 2. The van der Waals surface area contributed by atoms with Gasteiger partial charge in [0.15, 0.2) is 5.82 Å². The smallest absolute Gasteiger partial charge is 0.248 e. The van der Waals surface area contributed by atoms with E-state index in [1.807, 2.05) is 56.3 Å². The molecule has 1 aliphatic carbocycles. The van der Waals surface area contributed by atoms with Crippen LogP contribution in [0.1, 0.15) is 49.3 Å². The lowest BCUT2D eigenvalue weighted by Gasteiger charge is -2.16. The third kappa shape index (κ3) is 6.46. The van der Waals surface area contributed by atoms with E-state index in [1.165, 1.54) is 12.1 Å². The highest BCUT2D eigenvalue weighted by Gasteiger charge is 2.26. The molecular weight excluding hydrogens is 457 g/mol. The molecule has 7 nitrogen and oxygen atoms in total. The van der Waals surface area contributed by atoms with Crippen LogP contribution in [0.15, 0.2) is 60.7 Å². The van der Waals surface area contributed by atoms with Gasteiger partial charge in [0.1, 0.15) is 5.82 Å². The molecule has 1 aromatic heterocycles. The monoisotopic (exact) mass is 489 g/mol. The normalized spacial score (nSPS) is 14.2. The molecule has 2 amide bonds. The van der Waals surface area contributed by atoms with Crippen LogP contribution < -0.4 is 10.6 Å². The topological polar surface area (TPSA) is 90.1 Å². The summed E-state index contributed by atoms with van der Waals surface area (Å²) < 4.78 is 14.8. The van der Waals surface area contributed by atoms with Gasteiger partial charge in [0.25, 0.3) is 0 Å². The predicted molar refractivity (Wildman–Crippen MR) is 140 cm³/mol. The molecule has 0 bridgehead atoms. The Labute approximate surface area is 210 Å². The van der Waals surface area contributed by atoms with Gasteiger partial charge in [-0.15, -0.1) is 0 Å². The van der Waals surface area contributed by atoms with Crippen LogP contribution in [-0.4, -0.2) is 47.6 Å². The first-order valence-corrected chi connectivity index (χ1v) is 12.2. The second-order valence-electron chi connectivity index (χ2n) is 9.41. The van der Waals surface area contributed by atoms with E-state index in [4.69, 9.17) is 0 Å². The lowest BCUT2D eigenvalue weighted by atomic mass is 9.92. The van der Waals surface area contributed by atoms with E-state index >= 15 is 0 Å². The SMILES string of the molecule is CCC(C(=O)Nc1cc(C2CC2)[nH]n1)c1cccc(-c2ccc(NC(=O)/C=C/CN(C)C)c(F)c2)c1. The van der Waals surface area contributed by atoms with Crippen LogP contribution in [-0.2, 0) is 9.59 Å². The zero-order valence-electron chi connectivity index (χ0n) is 20.8. The molecule has 1 unspecified atom stereocenters. The maximum atomic E-state index is 14.8. The number of aromatic nitrogens is 2. The lowest BCUT2D eigenvalue weighted by molar-refractivity contribution is -0.117. The Hall–Kier alpha value is -3.78. The van der Waals surface area contributed by atoms with Crippen LogP contribution in [0.2, 0.25) is 0 Å². The van der Waals surface area contributed by atoms with Gasteiger partial charge in [-0.3, -0.25) is 14.7 Å². The zero-order chi connectivity index (χ0) is 25.7. The summed E-state index contributed by atoms with van der Waals surface area (Å²) in [6, 6.07) is 14.2. The molecule has 36 heavy (non-hydrogen) atoms. The number of nitrogens with zero attached hydrogens (tertiary/aromatic N) is 2. The van der Waals surface area contributed by atoms with E-state index < -0.39 is 5.82 Å². The van der Waals surface area contributed by atoms with Crippen molar-refractivity contribution in [3.05, 3.63) is 77.8 Å². The standard InChI is InChI=1S/C28H32FN5O2/c1-4-22(28(36)31-26-17-25(32-33-26)18-10-11-18)21-8-5-7-19(15-21)20-12-13-24(23(29)16-20)30-27(35)9-6-14-34(2)3/h5-9,12-13,15-18,22H,4,10-11,14H2,1-3H3,(H,30,35)(H2,31,32,33,36)/b9-6+. The van der Waals surface area contributed by atoms with Crippen LogP contribution in [0, 0.1) is 5.82 Å². The Morgan fingerprint density at radius 3 is 2.61 bits per heavy atom. The van der Waals surface area contributed by atoms with Crippen LogP contribution in [0.3, 0.4) is 0 Å². The molecule has 1 heterocycles. The molecule has 0 spiro atoms. The van der Waals surface area contributed by atoms with Gasteiger partial charge in [0.2, 0.25) is 11.8 Å². The number of hydrogen-bond donors (Lipinski definition) is 3. The van der Waals surface area contributed by atoms with E-state index in [9.17, 15) is 14.0 Å². The molecule has 0 radical (unpaired) electrons. The number of anilines is 2. The second-order valence-corrected chi connectivity index (χ2v) is 9.41. The first-order valence-electron chi connectivity index (χ1n) is 12.2. The van der Waals surface area contributed by atoms with Crippen molar-refractivity contribution in [1.29, 1.82) is 0 Å². The number of halogens is 1. The molecule has 188 valence electrons. The molecule has 0 aliphatic heterocycles. The molecule has 1 saturated carbocycles. The van der Waals surface area contributed by atoms with Gasteiger partial charge in [0.05, 0.1) is 11.6 Å². The minimum atomic E-state index is -0.526. The fraction of sp³-hybridized carbons (Fsp3) is 0.321. The Morgan fingerprint density at radius 1 is 1.14 bits per heavy atom. The summed E-state index contributed by atoms with van der Waals surface area (Å²) in [5, 5.41) is 12.7. The molecule has 1 atom stereocenters. The number of nitrogens with one attached hydrogen (secondary N) is 3. The summed E-state index contributed by atoms with van der Waals surface area (Å²) >= 11 is 0. The van der Waals surface area contributed by atoms with E-state index in [1.54, 1.807) is 18.2 Å². The van der Waals surface area contributed by atoms with Crippen LogP contribution >= 0.6 is 0 Å². The maximum Gasteiger partial charge on any atom is 0.248 e. The van der Waals surface area contributed by atoms with Crippen molar-refractivity contribution < 1.29 is 14.0 Å². The molecular formula is C28H32FN5O2. The van der Waals surface area contributed by atoms with Gasteiger partial charge in [-0.1, -0.05) is 43.3 Å². The highest BCUT2D eigenvalue weighted by molar-refractivity contribution is 5.99. The number of likely N-dealkylation sites (N-methyl/N-ethyl adjacent to an activating group) is 1. The maximum absolute atomic E-state index is 14.8. The molecule has 3 aromatic rings. The zero-order valence-corrected chi connectivity index (χ0v) is 20.8. The molecule has 1 fully saturated rings. The summed E-state index contributed by atoms with van der Waals surface area (Å²) in [5.74, 6) is -0.349. The number of amides is 2. The third-order valence-electron chi connectivity index (χ3n) is 6.18. The molecule has 0 saturated heterocycles. The van der Waals surface area contributed by atoms with Crippen molar-refractivity contribution in [3.63, 3.8) is 0 Å². The largest absolute Gasteiger partial charge is 0.320 e. The number of benzene rings is 2. The fourth-order valence-corrected chi connectivity index (χ4v) is 4.07. The minimum Gasteiger partial charge on any atom is -0.320 e. The van der Waals surface area contributed by atoms with Crippen molar-refractivity contribution in [2.75, 3.05) is 31.3 Å². The van der Waals surface area contributed by atoms with Gasteiger partial charge < -0.3 is 15.5 Å². The van der Waals surface area contributed by atoms with Gasteiger partial charge in [-0.05, 0) is 62.2 Å². The number of H-pyrrole nitrogens is 1. The second kappa shape index (κ2) is 11.3. The first kappa shape index (κ1) is 25.3. The van der Waals surface area contributed by atoms with Gasteiger partial charge in [-0.2, -0.15) is 5.10 Å². The quantitative estimate of drug-likeness (QED) is 0.338. The fourth-order valence-electron chi connectivity index (χ4n) is 4.07. The molecule has 4 rings (SSSR count). The van der Waals surface area contributed by atoms with Crippen LogP contribution in [0.25, 0.3) is 11.1 Å². The summed E-state index contributed by atoms with van der Waals surface area (Å²) in [6.07, 6.45) is 6.02. The van der Waals surface area contributed by atoms with Gasteiger partial charge in [0, 0.05) is 30.3 Å². The molecule has 3 N–H and O–H groups in total. The van der Waals surface area contributed by atoms with Crippen molar-refractivity contribution >= 4 is 23.3 Å². The highest BCUT2D eigenvalue weighted by Crippen LogP contribution is 2.39. The van der Waals surface area contributed by atoms with Gasteiger partial charge in [-0.25, -0.2) is 4.39 Å². The third-order valence-corrected chi connectivity index (χ3v) is 6.18. The van der Waals surface area contributed by atoms with Crippen molar-refractivity contribution in [1.82, 2.24) is 15.1 Å². The van der Waals surface area contributed by atoms with Crippen molar-refractivity contribution in [2.45, 2.75) is 38.0 Å². The summed E-state index contributed by atoms with van der Waals surface area (Å²) in [4.78, 5) is 27.0. The average Bonchev–Trinajstić information content (AvgIpc) is 3.59. The highest BCUT2D eigenvalue weighted by atomic mass is 19.1. The van der Waals surface area contributed by atoms with Crippen molar-refractivity contribution in [3.8, 4) is 11.1 Å². The van der Waals surface area contributed by atoms with Gasteiger partial charge >= 0.3 is 0 Å². The Morgan fingerprint density at radius 2 is 1.92 bits per heavy atom. The van der Waals surface area contributed by atoms with Crippen LogP contribution in [0.5, 0.6) is 0 Å². The first-order chi connectivity index (χ1) is 17.3. The summed E-state index contributed by atoms with van der Waals surface area (Å²) in [6.45, 7) is 2.58. The Kier molecular flexibility index (Phi) is 7.95. The Balaban J connectivity index is 1.45. The van der Waals surface area contributed by atoms with E-state index in [0.29, 0.717) is 30.3 Å². The average molecular weight is 490 g/mol. The molecule has 2 aromatic carbocycles. The number of rotatable bonds is 10. The van der Waals surface area contributed by atoms with E-state index in [-0.39, 0.29) is 23.4 Å². The lowest BCUT2D eigenvalue weighted by Crippen LogP contribution is -2.21. The summed E-state index contributed by atoms with van der Waals surface area (Å²) in [7, 11) is 3.79.